The molecule has 1 heterocycles. The number of nitrogens with zero attached hydrogens (tertiary/aromatic N) is 2. The minimum Gasteiger partial charge on any atom is -0.475 e. The molecule has 1 aromatic heterocycles. The third-order valence-electron chi connectivity index (χ3n) is 2.85. The van der Waals surface area contributed by atoms with Crippen LogP contribution in [0.2, 0.25) is 0 Å². The van der Waals surface area contributed by atoms with Gasteiger partial charge in [0.25, 0.3) is 0 Å². The number of hydrogen-bond acceptors (Lipinski definition) is 5. The number of anilines is 2. The number of pyridine rings is 1. The minimum absolute atomic E-state index is 0.0682. The average molecular weight is 282 g/mol. The fourth-order valence-corrected chi connectivity index (χ4v) is 1.87. The van der Waals surface area contributed by atoms with Crippen molar-refractivity contribution < 1.29 is 4.74 Å². The minimum atomic E-state index is 0.0682. The maximum atomic E-state index is 8.83. The van der Waals surface area contributed by atoms with Crippen LogP contribution in [0.3, 0.4) is 0 Å². The topological polar surface area (TPSA) is 84.0 Å². The van der Waals surface area contributed by atoms with Gasteiger partial charge in [-0.15, -0.1) is 0 Å². The number of hydrogen-bond donors (Lipinski definition) is 2. The standard InChI is InChI=1S/C16H18N4O/c1-11(2)21-16-13(4-3-7-19-16)10-20-15-6-5-12(9-17)8-14(15)18/h3-8,11,20H,10,18H2,1-2H3. The van der Waals surface area contributed by atoms with Crippen molar-refractivity contribution in [3.63, 3.8) is 0 Å². The summed E-state index contributed by atoms with van der Waals surface area (Å²) in [5.74, 6) is 0.618. The molecule has 0 fully saturated rings. The van der Waals surface area contributed by atoms with Gasteiger partial charge in [0.2, 0.25) is 5.88 Å². The zero-order chi connectivity index (χ0) is 15.2. The van der Waals surface area contributed by atoms with Gasteiger partial charge < -0.3 is 15.8 Å². The quantitative estimate of drug-likeness (QED) is 0.824. The molecular weight excluding hydrogens is 264 g/mol. The summed E-state index contributed by atoms with van der Waals surface area (Å²) >= 11 is 0. The van der Waals surface area contributed by atoms with Gasteiger partial charge in [0, 0.05) is 18.3 Å². The molecule has 1 aromatic carbocycles. The highest BCUT2D eigenvalue weighted by molar-refractivity contribution is 5.68. The fraction of sp³-hybridized carbons (Fsp3) is 0.250. The Balaban J connectivity index is 2.12. The second-order valence-electron chi connectivity index (χ2n) is 4.90. The van der Waals surface area contributed by atoms with Crippen molar-refractivity contribution in [2.24, 2.45) is 0 Å². The number of nitrogen functional groups attached to an aromatic ring is 1. The molecule has 108 valence electrons. The van der Waals surface area contributed by atoms with Crippen LogP contribution in [0.15, 0.2) is 36.5 Å². The van der Waals surface area contributed by atoms with Crippen LogP contribution in [0.25, 0.3) is 0 Å². The van der Waals surface area contributed by atoms with Gasteiger partial charge in [-0.05, 0) is 38.1 Å². The van der Waals surface area contributed by atoms with Gasteiger partial charge in [0.05, 0.1) is 29.1 Å². The van der Waals surface area contributed by atoms with Gasteiger partial charge in [-0.25, -0.2) is 4.98 Å². The lowest BCUT2D eigenvalue weighted by Gasteiger charge is -2.14. The molecule has 2 aromatic rings. The predicted molar refractivity (Wildman–Crippen MR) is 82.9 cm³/mol. The molecule has 21 heavy (non-hydrogen) atoms. The molecule has 5 heteroatoms. The number of ether oxygens (including phenoxy) is 1. The third kappa shape index (κ3) is 3.86. The Morgan fingerprint density at radius 2 is 2.19 bits per heavy atom. The van der Waals surface area contributed by atoms with E-state index in [0.717, 1.165) is 11.3 Å². The van der Waals surface area contributed by atoms with Crippen LogP contribution >= 0.6 is 0 Å². The summed E-state index contributed by atoms with van der Waals surface area (Å²) in [5, 5.41) is 12.1. The van der Waals surface area contributed by atoms with Crippen molar-refractivity contribution in [3.05, 3.63) is 47.7 Å². The largest absolute Gasteiger partial charge is 0.475 e. The molecule has 0 atom stereocenters. The van der Waals surface area contributed by atoms with Crippen molar-refractivity contribution >= 4 is 11.4 Å². The highest BCUT2D eigenvalue weighted by Crippen LogP contribution is 2.22. The first-order valence-corrected chi connectivity index (χ1v) is 6.74. The molecule has 3 N–H and O–H groups in total. The first-order chi connectivity index (χ1) is 10.1. The number of nitrogens with two attached hydrogens (primary N) is 1. The second kappa shape index (κ2) is 6.62. The molecule has 5 nitrogen and oxygen atoms in total. The Morgan fingerprint density at radius 1 is 1.38 bits per heavy atom. The van der Waals surface area contributed by atoms with Gasteiger partial charge >= 0.3 is 0 Å². The van der Waals surface area contributed by atoms with Crippen molar-refractivity contribution in [1.82, 2.24) is 4.98 Å². The predicted octanol–water partition coefficient (Wildman–Crippen LogP) is 2.93. The molecule has 0 amide bonds. The smallest absolute Gasteiger partial charge is 0.218 e. The molecule has 0 aliphatic rings. The molecule has 0 saturated heterocycles. The lowest BCUT2D eigenvalue weighted by molar-refractivity contribution is 0.230. The maximum absolute atomic E-state index is 8.83. The lowest BCUT2D eigenvalue weighted by Crippen LogP contribution is -2.11. The zero-order valence-electron chi connectivity index (χ0n) is 12.1. The van der Waals surface area contributed by atoms with Crippen LogP contribution in [0.4, 0.5) is 11.4 Å². The summed E-state index contributed by atoms with van der Waals surface area (Å²) in [6, 6.07) is 11.1. The number of nitrogens with one attached hydrogen (secondary N) is 1. The fourth-order valence-electron chi connectivity index (χ4n) is 1.87. The summed E-state index contributed by atoms with van der Waals surface area (Å²) in [4.78, 5) is 4.24. The van der Waals surface area contributed by atoms with E-state index in [1.807, 2.05) is 26.0 Å². The van der Waals surface area contributed by atoms with E-state index < -0.39 is 0 Å². The molecule has 0 spiro atoms. The number of rotatable bonds is 5. The first kappa shape index (κ1) is 14.7. The van der Waals surface area contributed by atoms with Crippen LogP contribution in [0.5, 0.6) is 5.88 Å². The Labute approximate surface area is 124 Å². The lowest BCUT2D eigenvalue weighted by atomic mass is 10.2. The molecule has 0 saturated carbocycles. The van der Waals surface area contributed by atoms with E-state index in [1.165, 1.54) is 0 Å². The highest BCUT2D eigenvalue weighted by Gasteiger charge is 2.07. The van der Waals surface area contributed by atoms with Gasteiger partial charge in [0.1, 0.15) is 0 Å². The van der Waals surface area contributed by atoms with Gasteiger partial charge in [-0.3, -0.25) is 0 Å². The first-order valence-electron chi connectivity index (χ1n) is 6.74. The zero-order valence-corrected chi connectivity index (χ0v) is 12.1. The molecule has 0 aliphatic carbocycles. The summed E-state index contributed by atoms with van der Waals surface area (Å²) in [7, 11) is 0. The van der Waals surface area contributed by atoms with E-state index in [2.05, 4.69) is 16.4 Å². The maximum Gasteiger partial charge on any atom is 0.218 e. The Morgan fingerprint density at radius 3 is 2.86 bits per heavy atom. The Kier molecular flexibility index (Phi) is 4.62. The van der Waals surface area contributed by atoms with Gasteiger partial charge in [0.15, 0.2) is 0 Å². The van der Waals surface area contributed by atoms with E-state index in [0.29, 0.717) is 23.7 Å². The van der Waals surface area contributed by atoms with Crippen LogP contribution in [-0.4, -0.2) is 11.1 Å². The Hall–Kier alpha value is -2.74. The van der Waals surface area contributed by atoms with E-state index in [4.69, 9.17) is 15.7 Å². The summed E-state index contributed by atoms with van der Waals surface area (Å²) in [6.07, 6.45) is 1.77. The number of nitriles is 1. The van der Waals surface area contributed by atoms with E-state index in [9.17, 15) is 0 Å². The molecule has 0 unspecified atom stereocenters. The van der Waals surface area contributed by atoms with Crippen molar-refractivity contribution in [2.75, 3.05) is 11.1 Å². The van der Waals surface area contributed by atoms with Crippen LogP contribution < -0.4 is 15.8 Å². The van der Waals surface area contributed by atoms with E-state index >= 15 is 0 Å². The van der Waals surface area contributed by atoms with Crippen LogP contribution in [-0.2, 0) is 6.54 Å². The summed E-state index contributed by atoms with van der Waals surface area (Å²) in [5.41, 5.74) is 8.75. The SMILES string of the molecule is CC(C)Oc1ncccc1CNc1ccc(C#N)cc1N. The van der Waals surface area contributed by atoms with E-state index in [-0.39, 0.29) is 6.10 Å². The van der Waals surface area contributed by atoms with Gasteiger partial charge in [-0.2, -0.15) is 5.26 Å². The monoisotopic (exact) mass is 282 g/mol. The normalized spacial score (nSPS) is 10.2. The highest BCUT2D eigenvalue weighted by atomic mass is 16.5. The molecule has 0 bridgehead atoms. The summed E-state index contributed by atoms with van der Waals surface area (Å²) < 4.78 is 5.68. The Bertz CT molecular complexity index is 662. The van der Waals surface area contributed by atoms with Crippen molar-refractivity contribution in [1.29, 1.82) is 5.26 Å². The summed E-state index contributed by atoms with van der Waals surface area (Å²) in [6.45, 7) is 4.47. The van der Waals surface area contributed by atoms with Crippen molar-refractivity contribution in [2.45, 2.75) is 26.5 Å². The van der Waals surface area contributed by atoms with Crippen LogP contribution in [0.1, 0.15) is 25.0 Å². The molecule has 2 rings (SSSR count). The van der Waals surface area contributed by atoms with Crippen molar-refractivity contribution in [3.8, 4) is 11.9 Å². The number of aromatic nitrogens is 1. The molecule has 0 aliphatic heterocycles. The molecular formula is C16H18N4O. The second-order valence-corrected chi connectivity index (χ2v) is 4.90. The third-order valence-corrected chi connectivity index (χ3v) is 2.85. The number of benzene rings is 1. The van der Waals surface area contributed by atoms with Gasteiger partial charge in [-0.1, -0.05) is 6.07 Å². The van der Waals surface area contributed by atoms with Crippen LogP contribution in [0, 0.1) is 11.3 Å². The van der Waals surface area contributed by atoms with E-state index in [1.54, 1.807) is 24.4 Å². The average Bonchev–Trinajstić information content (AvgIpc) is 2.46. The molecule has 0 radical (unpaired) electrons.